The second-order valence-electron chi connectivity index (χ2n) is 6.83. The Labute approximate surface area is 131 Å². The van der Waals surface area contributed by atoms with Crippen molar-refractivity contribution in [3.63, 3.8) is 0 Å². The Morgan fingerprint density at radius 1 is 1.18 bits per heavy atom. The monoisotopic (exact) mass is 304 g/mol. The minimum absolute atomic E-state index is 0.0304. The normalized spacial score (nSPS) is 14.3. The minimum Gasteiger partial charge on any atom is -0.444 e. The SMILES string of the molecule is CN(C)C(=O)c1ccc2c(c1)CN(C(=O)OC(C)(C)C)CC2. The standard InChI is InChI=1S/C17H24N2O3/c1-17(2,3)22-16(21)19-9-8-12-6-7-13(10-14(12)11-19)15(20)18(4)5/h6-7,10H,8-9,11H2,1-5H3. The van der Waals surface area contributed by atoms with Crippen LogP contribution in [0, 0.1) is 0 Å². The van der Waals surface area contributed by atoms with E-state index in [-0.39, 0.29) is 12.0 Å². The number of rotatable bonds is 1. The molecule has 120 valence electrons. The van der Waals surface area contributed by atoms with Gasteiger partial charge in [0.1, 0.15) is 5.60 Å². The van der Waals surface area contributed by atoms with Crippen LogP contribution in [0.2, 0.25) is 0 Å². The van der Waals surface area contributed by atoms with Crippen LogP contribution < -0.4 is 0 Å². The summed E-state index contributed by atoms with van der Waals surface area (Å²) >= 11 is 0. The number of ether oxygens (including phenoxy) is 1. The molecule has 1 aromatic carbocycles. The maximum atomic E-state index is 12.2. The van der Waals surface area contributed by atoms with Crippen LogP contribution in [0.1, 0.15) is 42.3 Å². The van der Waals surface area contributed by atoms with Crippen molar-refractivity contribution < 1.29 is 14.3 Å². The van der Waals surface area contributed by atoms with E-state index in [4.69, 9.17) is 4.74 Å². The average molecular weight is 304 g/mol. The van der Waals surface area contributed by atoms with Crippen molar-refractivity contribution in [2.45, 2.75) is 39.3 Å². The summed E-state index contributed by atoms with van der Waals surface area (Å²) in [5.74, 6) is -0.0304. The molecule has 22 heavy (non-hydrogen) atoms. The lowest BCUT2D eigenvalue weighted by atomic mass is 9.97. The first-order chi connectivity index (χ1) is 10.2. The maximum Gasteiger partial charge on any atom is 0.410 e. The quantitative estimate of drug-likeness (QED) is 0.801. The Hall–Kier alpha value is -2.04. The van der Waals surface area contributed by atoms with E-state index in [1.807, 2.05) is 39.0 Å². The van der Waals surface area contributed by atoms with Crippen molar-refractivity contribution in [2.24, 2.45) is 0 Å². The lowest BCUT2D eigenvalue weighted by Gasteiger charge is -2.31. The first-order valence-electron chi connectivity index (χ1n) is 7.49. The van der Waals surface area contributed by atoms with Gasteiger partial charge in [0.25, 0.3) is 5.91 Å². The molecule has 0 spiro atoms. The van der Waals surface area contributed by atoms with Crippen LogP contribution in [-0.2, 0) is 17.7 Å². The van der Waals surface area contributed by atoms with Crippen molar-refractivity contribution in [1.82, 2.24) is 9.80 Å². The first kappa shape index (κ1) is 16.3. The second kappa shape index (κ2) is 5.99. The summed E-state index contributed by atoms with van der Waals surface area (Å²) in [5.41, 5.74) is 2.36. The fraction of sp³-hybridized carbons (Fsp3) is 0.529. The summed E-state index contributed by atoms with van der Waals surface area (Å²) in [7, 11) is 3.46. The highest BCUT2D eigenvalue weighted by Crippen LogP contribution is 2.22. The van der Waals surface area contributed by atoms with Crippen LogP contribution in [-0.4, -0.2) is 48.0 Å². The predicted octanol–water partition coefficient (Wildman–Crippen LogP) is 2.68. The third-order valence-electron chi connectivity index (χ3n) is 3.52. The highest BCUT2D eigenvalue weighted by molar-refractivity contribution is 5.94. The second-order valence-corrected chi connectivity index (χ2v) is 6.83. The van der Waals surface area contributed by atoms with Gasteiger partial charge in [0, 0.05) is 32.7 Å². The van der Waals surface area contributed by atoms with Gasteiger partial charge in [-0.05, 0) is 50.5 Å². The van der Waals surface area contributed by atoms with Gasteiger partial charge >= 0.3 is 6.09 Å². The zero-order valence-electron chi connectivity index (χ0n) is 14.0. The summed E-state index contributed by atoms with van der Waals surface area (Å²) in [6.07, 6.45) is 0.479. The number of hydrogen-bond acceptors (Lipinski definition) is 3. The Bertz CT molecular complexity index is 588. The van der Waals surface area contributed by atoms with Gasteiger partial charge in [0.15, 0.2) is 0 Å². The number of nitrogens with zero attached hydrogens (tertiary/aromatic N) is 2. The summed E-state index contributed by atoms with van der Waals surface area (Å²) < 4.78 is 5.42. The van der Waals surface area contributed by atoms with Gasteiger partial charge in [-0.3, -0.25) is 4.79 Å². The molecule has 1 aliphatic heterocycles. The fourth-order valence-electron chi connectivity index (χ4n) is 2.43. The topological polar surface area (TPSA) is 49.9 Å². The smallest absolute Gasteiger partial charge is 0.410 e. The highest BCUT2D eigenvalue weighted by atomic mass is 16.6. The van der Waals surface area contributed by atoms with E-state index in [2.05, 4.69) is 0 Å². The van der Waals surface area contributed by atoms with E-state index in [0.717, 1.165) is 12.0 Å². The van der Waals surface area contributed by atoms with Gasteiger partial charge in [-0.1, -0.05) is 6.07 Å². The molecular formula is C17H24N2O3. The van der Waals surface area contributed by atoms with E-state index in [1.165, 1.54) is 5.56 Å². The highest BCUT2D eigenvalue weighted by Gasteiger charge is 2.26. The number of benzene rings is 1. The largest absolute Gasteiger partial charge is 0.444 e. The van der Waals surface area contributed by atoms with Crippen molar-refractivity contribution >= 4 is 12.0 Å². The summed E-state index contributed by atoms with van der Waals surface area (Å²) in [6.45, 7) is 6.70. The Kier molecular flexibility index (Phi) is 4.44. The van der Waals surface area contributed by atoms with E-state index < -0.39 is 5.60 Å². The predicted molar refractivity (Wildman–Crippen MR) is 84.8 cm³/mol. The molecule has 0 atom stereocenters. The van der Waals surface area contributed by atoms with Crippen LogP contribution in [0.15, 0.2) is 18.2 Å². The van der Waals surface area contributed by atoms with E-state index in [1.54, 1.807) is 23.9 Å². The molecule has 0 unspecified atom stereocenters. The van der Waals surface area contributed by atoms with Gasteiger partial charge in [-0.25, -0.2) is 4.79 Å². The molecule has 2 amide bonds. The zero-order chi connectivity index (χ0) is 16.5. The number of carbonyl (C=O) groups excluding carboxylic acids is 2. The molecule has 0 fully saturated rings. The summed E-state index contributed by atoms with van der Waals surface area (Å²) in [5, 5.41) is 0. The molecule has 0 bridgehead atoms. The van der Waals surface area contributed by atoms with Crippen molar-refractivity contribution in [1.29, 1.82) is 0 Å². The van der Waals surface area contributed by atoms with Gasteiger partial charge in [-0.15, -0.1) is 0 Å². The molecule has 5 heteroatoms. The van der Waals surface area contributed by atoms with Gasteiger partial charge in [-0.2, -0.15) is 0 Å². The lowest BCUT2D eigenvalue weighted by molar-refractivity contribution is 0.0224. The summed E-state index contributed by atoms with van der Waals surface area (Å²) in [4.78, 5) is 27.5. The molecule has 1 aromatic rings. The van der Waals surface area contributed by atoms with E-state index >= 15 is 0 Å². The number of fused-ring (bicyclic) bond motifs is 1. The van der Waals surface area contributed by atoms with Gasteiger partial charge in [0.2, 0.25) is 0 Å². The van der Waals surface area contributed by atoms with Gasteiger partial charge in [0.05, 0.1) is 0 Å². The molecule has 0 radical (unpaired) electrons. The van der Waals surface area contributed by atoms with E-state index in [0.29, 0.717) is 18.7 Å². The average Bonchev–Trinajstić information content (AvgIpc) is 2.43. The summed E-state index contributed by atoms with van der Waals surface area (Å²) in [6, 6.07) is 5.72. The van der Waals surface area contributed by atoms with Gasteiger partial charge < -0.3 is 14.5 Å². The molecule has 1 heterocycles. The Balaban J connectivity index is 2.17. The number of carbonyl (C=O) groups is 2. The molecule has 0 saturated heterocycles. The van der Waals surface area contributed by atoms with Crippen molar-refractivity contribution in [3.05, 3.63) is 34.9 Å². The fourth-order valence-corrected chi connectivity index (χ4v) is 2.43. The number of amides is 2. The lowest BCUT2D eigenvalue weighted by Crippen LogP contribution is -2.40. The van der Waals surface area contributed by atoms with Crippen LogP contribution in [0.3, 0.4) is 0 Å². The molecule has 0 saturated carbocycles. The molecule has 0 aliphatic carbocycles. The molecule has 2 rings (SSSR count). The molecule has 0 aromatic heterocycles. The molecule has 5 nitrogen and oxygen atoms in total. The minimum atomic E-state index is -0.500. The van der Waals surface area contributed by atoms with Crippen molar-refractivity contribution in [2.75, 3.05) is 20.6 Å². The van der Waals surface area contributed by atoms with Crippen molar-refractivity contribution in [3.8, 4) is 0 Å². The molecular weight excluding hydrogens is 280 g/mol. The first-order valence-corrected chi connectivity index (χ1v) is 7.49. The molecule has 1 aliphatic rings. The Morgan fingerprint density at radius 3 is 2.45 bits per heavy atom. The van der Waals surface area contributed by atoms with Crippen LogP contribution >= 0.6 is 0 Å². The van der Waals surface area contributed by atoms with Crippen LogP contribution in [0.25, 0.3) is 0 Å². The third-order valence-corrected chi connectivity index (χ3v) is 3.52. The Morgan fingerprint density at radius 2 is 1.86 bits per heavy atom. The number of hydrogen-bond donors (Lipinski definition) is 0. The van der Waals surface area contributed by atoms with E-state index in [9.17, 15) is 9.59 Å². The third kappa shape index (κ3) is 3.78. The van der Waals surface area contributed by atoms with Crippen LogP contribution in [0.4, 0.5) is 4.79 Å². The maximum absolute atomic E-state index is 12.2. The van der Waals surface area contributed by atoms with Crippen LogP contribution in [0.5, 0.6) is 0 Å². The molecule has 0 N–H and O–H groups in total. The zero-order valence-corrected chi connectivity index (χ0v) is 14.0.